The number of carboxylic acids is 2. The summed E-state index contributed by atoms with van der Waals surface area (Å²) in [7, 11) is 5.79. The number of carbonyl (C=O) groups is 8. The SMILES string of the molecule is C[N+](C)(C)CC(=O)Nc1ccc(-n2cc(CCC(=O)COCC(=O)CCSC[C@H](NC(=O)CC[C@H](N)C(=O)O)C(=O)CCC(=O)O)nn2)cc1.O=C[O-]. The number of nitrogens with two attached hydrogens (primary N) is 1. The molecule has 0 fully saturated rings. The first kappa shape index (κ1) is 46.0. The second kappa shape index (κ2) is 24.2. The number of Topliss-reactive ketones (excluding diaryl/α,β-unsaturated/α-hetero) is 3. The Morgan fingerprint density at radius 1 is 0.962 bits per heavy atom. The van der Waals surface area contributed by atoms with Crippen molar-refractivity contribution in [3.63, 3.8) is 0 Å². The summed E-state index contributed by atoms with van der Waals surface area (Å²) < 4.78 is 7.34. The predicted octanol–water partition coefficient (Wildman–Crippen LogP) is -1.40. The van der Waals surface area contributed by atoms with E-state index in [4.69, 9.17) is 30.6 Å². The molecule has 0 aliphatic carbocycles. The van der Waals surface area contributed by atoms with Crippen LogP contribution in [-0.4, -0.2) is 142 Å². The highest BCUT2D eigenvalue weighted by Gasteiger charge is 2.23. The lowest BCUT2D eigenvalue weighted by molar-refractivity contribution is -0.861. The first-order valence-electron chi connectivity index (χ1n) is 16.3. The van der Waals surface area contributed by atoms with Gasteiger partial charge in [0.1, 0.15) is 19.3 Å². The molecule has 2 atom stereocenters. The maximum Gasteiger partial charge on any atom is 0.320 e. The van der Waals surface area contributed by atoms with Crippen LogP contribution in [0.15, 0.2) is 30.5 Å². The van der Waals surface area contributed by atoms with Gasteiger partial charge in [0.15, 0.2) is 23.9 Å². The van der Waals surface area contributed by atoms with Crippen LogP contribution in [0.1, 0.15) is 44.2 Å². The Hall–Kier alpha value is -5.05. The molecular weight excluding hydrogens is 718 g/mol. The fraction of sp³-hybridized carbons (Fsp3) is 0.515. The number of hydrogen-bond donors (Lipinski definition) is 5. The zero-order chi connectivity index (χ0) is 40.0. The van der Waals surface area contributed by atoms with Crippen LogP contribution in [0.25, 0.3) is 5.69 Å². The van der Waals surface area contributed by atoms with E-state index >= 15 is 0 Å². The van der Waals surface area contributed by atoms with Crippen molar-refractivity contribution in [2.24, 2.45) is 5.73 Å². The first-order valence-corrected chi connectivity index (χ1v) is 17.5. The number of likely N-dealkylation sites (N-methyl/N-ethyl adjacent to an activating group) is 1. The van der Waals surface area contributed by atoms with Crippen LogP contribution in [-0.2, 0) is 49.5 Å². The van der Waals surface area contributed by atoms with Gasteiger partial charge < -0.3 is 45.7 Å². The number of carbonyl (C=O) groups excluding carboxylic acids is 6. The van der Waals surface area contributed by atoms with Crippen molar-refractivity contribution >= 4 is 65.0 Å². The first-order chi connectivity index (χ1) is 24.9. The van der Waals surface area contributed by atoms with Gasteiger partial charge in [0.05, 0.1) is 51.2 Å². The number of amides is 2. The monoisotopic (exact) mass is 765 g/mol. The van der Waals surface area contributed by atoms with Crippen LogP contribution >= 0.6 is 11.8 Å². The quantitative estimate of drug-likeness (QED) is 0.0441. The van der Waals surface area contributed by atoms with Gasteiger partial charge in [-0.1, -0.05) is 5.21 Å². The molecule has 19 nitrogen and oxygen atoms in total. The lowest BCUT2D eigenvalue weighted by Crippen LogP contribution is -2.43. The van der Waals surface area contributed by atoms with E-state index in [2.05, 4.69) is 20.9 Å². The minimum absolute atomic E-state index is 0.0724. The van der Waals surface area contributed by atoms with E-state index in [-0.39, 0.29) is 74.3 Å². The summed E-state index contributed by atoms with van der Waals surface area (Å²) in [5.74, 6) is -3.77. The molecule has 1 aromatic carbocycles. The lowest BCUT2D eigenvalue weighted by Gasteiger charge is -2.22. The number of aromatic nitrogens is 3. The summed E-state index contributed by atoms with van der Waals surface area (Å²) in [4.78, 5) is 91.4. The van der Waals surface area contributed by atoms with Crippen molar-refractivity contribution in [2.45, 2.75) is 57.0 Å². The van der Waals surface area contributed by atoms with Gasteiger partial charge in [-0.15, -0.1) is 5.10 Å². The molecule has 0 saturated carbocycles. The molecule has 1 heterocycles. The van der Waals surface area contributed by atoms with Gasteiger partial charge in [0.2, 0.25) is 5.91 Å². The van der Waals surface area contributed by atoms with E-state index in [9.17, 15) is 33.6 Å². The second-order valence-electron chi connectivity index (χ2n) is 12.7. The molecule has 0 aliphatic rings. The molecule has 0 aliphatic heterocycles. The van der Waals surface area contributed by atoms with E-state index in [0.717, 1.165) is 5.69 Å². The van der Waals surface area contributed by atoms with Crippen LogP contribution in [0, 0.1) is 0 Å². The fourth-order valence-electron chi connectivity index (χ4n) is 4.24. The van der Waals surface area contributed by atoms with Crippen molar-refractivity contribution < 1.29 is 62.9 Å². The number of nitrogens with one attached hydrogen (secondary N) is 2. The number of nitrogens with zero attached hydrogens (tertiary/aromatic N) is 4. The average Bonchev–Trinajstić information content (AvgIpc) is 3.55. The Morgan fingerprint density at radius 3 is 2.17 bits per heavy atom. The number of carboxylic acid groups (broad SMARTS) is 3. The molecule has 1 aromatic heterocycles. The minimum Gasteiger partial charge on any atom is -0.554 e. The largest absolute Gasteiger partial charge is 0.554 e. The number of ketones is 3. The summed E-state index contributed by atoms with van der Waals surface area (Å²) in [6, 6.07) is 4.85. The van der Waals surface area contributed by atoms with Crippen molar-refractivity contribution in [3.05, 3.63) is 36.2 Å². The van der Waals surface area contributed by atoms with Gasteiger partial charge >= 0.3 is 11.9 Å². The molecule has 0 spiro atoms. The van der Waals surface area contributed by atoms with Crippen LogP contribution < -0.4 is 21.5 Å². The molecule has 292 valence electrons. The predicted molar refractivity (Wildman–Crippen MR) is 189 cm³/mol. The van der Waals surface area contributed by atoms with E-state index in [1.807, 2.05) is 21.1 Å². The zero-order valence-electron chi connectivity index (χ0n) is 29.9. The number of ether oxygens (including phenoxy) is 1. The third-order valence-corrected chi connectivity index (χ3v) is 7.94. The molecule has 0 unspecified atom stereocenters. The summed E-state index contributed by atoms with van der Waals surface area (Å²) >= 11 is 1.20. The average molecular weight is 766 g/mol. The third kappa shape index (κ3) is 21.2. The van der Waals surface area contributed by atoms with Crippen molar-refractivity contribution in [1.82, 2.24) is 20.3 Å². The molecule has 2 aromatic rings. The van der Waals surface area contributed by atoms with Crippen molar-refractivity contribution in [2.75, 3.05) is 57.7 Å². The van der Waals surface area contributed by atoms with Gasteiger partial charge in [-0.25, -0.2) is 4.68 Å². The van der Waals surface area contributed by atoms with Gasteiger partial charge in [-0.2, -0.15) is 11.8 Å². The highest BCUT2D eigenvalue weighted by atomic mass is 32.2. The molecule has 2 amide bonds. The number of thioether (sulfide) groups is 1. The Morgan fingerprint density at radius 2 is 1.58 bits per heavy atom. The Balaban J connectivity index is 0.00000452. The standard InChI is InChI=1S/C32H45N7O10S.CH2O2/c1-39(2,3)17-30(44)34-21-4-7-23(8-5-21)38-16-22(36-37-38)6-9-24(40)18-49-19-25(41)14-15-50-20-27(28(42)11-13-31(45)46)35-29(43)12-10-26(33)32(47)48;2-1-3/h4-5,7-8,16,26-27H,6,9-15,17-20,33H2,1-3H3,(H3-,34,35,43,44,45,46,47,48);1H,(H,2,3)/t26-,27-;/m0./s1. The summed E-state index contributed by atoms with van der Waals surface area (Å²) in [5.41, 5.74) is 7.38. The van der Waals surface area contributed by atoms with E-state index in [1.54, 1.807) is 35.1 Å². The molecule has 0 radical (unpaired) electrons. The zero-order valence-corrected chi connectivity index (χ0v) is 30.7. The number of rotatable bonds is 25. The Kier molecular flexibility index (Phi) is 21.0. The Labute approximate surface area is 310 Å². The molecule has 0 bridgehead atoms. The highest BCUT2D eigenvalue weighted by Crippen LogP contribution is 2.14. The molecular formula is C33H47N7O12S. The highest BCUT2D eigenvalue weighted by molar-refractivity contribution is 7.99. The molecule has 6 N–H and O–H groups in total. The Bertz CT molecular complexity index is 1540. The van der Waals surface area contributed by atoms with Crippen molar-refractivity contribution in [1.29, 1.82) is 0 Å². The summed E-state index contributed by atoms with van der Waals surface area (Å²) in [6.07, 6.45) is 1.14. The maximum atomic E-state index is 12.5. The second-order valence-corrected chi connectivity index (χ2v) is 13.8. The summed E-state index contributed by atoms with van der Waals surface area (Å²) in [6.45, 7) is -0.707. The summed E-state index contributed by atoms with van der Waals surface area (Å²) in [5, 5.41) is 39.5. The van der Waals surface area contributed by atoms with Gasteiger partial charge in [-0.05, 0) is 30.7 Å². The van der Waals surface area contributed by atoms with E-state index in [1.165, 1.54) is 11.8 Å². The van der Waals surface area contributed by atoms with Crippen LogP contribution in [0.5, 0.6) is 0 Å². The smallest absolute Gasteiger partial charge is 0.320 e. The molecule has 0 saturated heterocycles. The van der Waals surface area contributed by atoms with Crippen LogP contribution in [0.2, 0.25) is 0 Å². The lowest BCUT2D eigenvalue weighted by atomic mass is 10.1. The molecule has 20 heteroatoms. The van der Waals surface area contributed by atoms with E-state index < -0.39 is 48.6 Å². The van der Waals surface area contributed by atoms with Gasteiger partial charge in [0, 0.05) is 55.8 Å². The van der Waals surface area contributed by atoms with Gasteiger partial charge in [-0.3, -0.25) is 33.6 Å². The molecule has 53 heavy (non-hydrogen) atoms. The van der Waals surface area contributed by atoms with Crippen molar-refractivity contribution in [3.8, 4) is 5.69 Å². The third-order valence-electron chi connectivity index (χ3n) is 6.88. The number of aryl methyl sites for hydroxylation is 1. The van der Waals surface area contributed by atoms with Gasteiger partial charge in [0.25, 0.3) is 5.91 Å². The normalized spacial score (nSPS) is 12.0. The number of benzene rings is 1. The minimum atomic E-state index is -1.26. The number of quaternary nitrogens is 1. The topological polar surface area (TPSA) is 290 Å². The van der Waals surface area contributed by atoms with E-state index in [0.29, 0.717) is 28.8 Å². The fourth-order valence-corrected chi connectivity index (χ4v) is 5.29. The van der Waals surface area contributed by atoms with Crippen LogP contribution in [0.3, 0.4) is 0 Å². The maximum absolute atomic E-state index is 12.5. The van der Waals surface area contributed by atoms with Crippen LogP contribution in [0.4, 0.5) is 5.69 Å². The number of aliphatic carboxylic acids is 2. The number of anilines is 1. The molecule has 2 rings (SSSR count). The number of hydrogen-bond acceptors (Lipinski definition) is 14.